The molecule has 26 heavy (non-hydrogen) atoms. The second-order valence-electron chi connectivity index (χ2n) is 5.27. The van der Waals surface area contributed by atoms with E-state index in [1.807, 2.05) is 25.1 Å². The van der Waals surface area contributed by atoms with Crippen molar-refractivity contribution in [2.45, 2.75) is 11.8 Å². The first-order valence-corrected chi connectivity index (χ1v) is 9.25. The number of aryl methyl sites for hydroxylation is 1. The molecule has 0 heterocycles. The fraction of sp³-hybridized carbons (Fsp3) is 0.222. The first kappa shape index (κ1) is 19.4. The molecule has 0 aliphatic heterocycles. The summed E-state index contributed by atoms with van der Waals surface area (Å²) in [6.07, 6.45) is 0. The molecule has 0 amide bonds. The molecule has 0 aromatic heterocycles. The van der Waals surface area contributed by atoms with Crippen LogP contribution in [-0.4, -0.2) is 34.1 Å². The van der Waals surface area contributed by atoms with Gasteiger partial charge in [-0.25, -0.2) is 8.42 Å². The topological polar surface area (TPSA) is 105 Å². The van der Waals surface area contributed by atoms with Crippen LogP contribution in [0.15, 0.2) is 53.4 Å². The minimum atomic E-state index is -3.98. The zero-order valence-electron chi connectivity index (χ0n) is 14.1. The maximum Gasteiger partial charge on any atom is 0.321 e. The van der Waals surface area contributed by atoms with Gasteiger partial charge >= 0.3 is 5.97 Å². The van der Waals surface area contributed by atoms with Crippen molar-refractivity contribution in [3.8, 4) is 11.8 Å². The number of para-hydroxylation sites is 1. The molecule has 2 rings (SSSR count). The number of ether oxygens (including phenoxy) is 2. The van der Waals surface area contributed by atoms with E-state index >= 15 is 0 Å². The molecule has 136 valence electrons. The van der Waals surface area contributed by atoms with Gasteiger partial charge in [-0.15, -0.1) is 0 Å². The van der Waals surface area contributed by atoms with E-state index in [0.29, 0.717) is 5.75 Å². The van der Waals surface area contributed by atoms with Gasteiger partial charge in [-0.05, 0) is 30.7 Å². The van der Waals surface area contributed by atoms with Gasteiger partial charge in [-0.1, -0.05) is 30.3 Å². The number of carbonyl (C=O) groups is 1. The third kappa shape index (κ3) is 5.31. The number of hydrogen-bond donors (Lipinski definition) is 1. The summed E-state index contributed by atoms with van der Waals surface area (Å²) in [5.41, 5.74) is 0.961. The van der Waals surface area contributed by atoms with Gasteiger partial charge < -0.3 is 9.47 Å². The lowest BCUT2D eigenvalue weighted by molar-refractivity contribution is -0.142. The third-order valence-corrected chi connectivity index (χ3v) is 4.86. The Morgan fingerprint density at radius 3 is 2.54 bits per heavy atom. The number of sulfonamides is 1. The van der Waals surface area contributed by atoms with Crippen LogP contribution >= 0.6 is 0 Å². The van der Waals surface area contributed by atoms with Crippen molar-refractivity contribution in [3.63, 3.8) is 0 Å². The van der Waals surface area contributed by atoms with Gasteiger partial charge in [0.25, 0.3) is 0 Å². The maximum atomic E-state index is 12.2. The highest BCUT2D eigenvalue weighted by Crippen LogP contribution is 2.16. The molecule has 0 unspecified atom stereocenters. The Kier molecular flexibility index (Phi) is 6.72. The zero-order chi connectivity index (χ0) is 19.0. The molecule has 0 bridgehead atoms. The summed E-state index contributed by atoms with van der Waals surface area (Å²) in [6.45, 7) is 1.51. The Morgan fingerprint density at radius 1 is 1.12 bits per heavy atom. The molecule has 8 heteroatoms. The SMILES string of the molecule is Cc1ccccc1OCCOC(=O)CNS(=O)(=O)c1ccccc1C#N. The summed E-state index contributed by atoms with van der Waals surface area (Å²) in [6, 6.07) is 15.0. The largest absolute Gasteiger partial charge is 0.490 e. The van der Waals surface area contributed by atoms with Gasteiger partial charge in [0.2, 0.25) is 10.0 Å². The van der Waals surface area contributed by atoms with Crippen molar-refractivity contribution >= 4 is 16.0 Å². The van der Waals surface area contributed by atoms with Gasteiger partial charge in [-0.3, -0.25) is 4.79 Å². The number of nitriles is 1. The van der Waals surface area contributed by atoms with E-state index < -0.39 is 22.5 Å². The number of nitrogens with one attached hydrogen (secondary N) is 1. The number of nitrogens with zero attached hydrogens (tertiary/aromatic N) is 1. The second kappa shape index (κ2) is 8.99. The van der Waals surface area contributed by atoms with Crippen LogP contribution in [0.2, 0.25) is 0 Å². The molecule has 0 radical (unpaired) electrons. The fourth-order valence-corrected chi connectivity index (χ4v) is 3.23. The van der Waals surface area contributed by atoms with Crippen LogP contribution in [0.25, 0.3) is 0 Å². The molecule has 0 saturated heterocycles. The van der Waals surface area contributed by atoms with Gasteiger partial charge in [0.05, 0.1) is 10.5 Å². The Bertz CT molecular complexity index is 919. The van der Waals surface area contributed by atoms with Crippen LogP contribution in [0.4, 0.5) is 0 Å². The maximum absolute atomic E-state index is 12.2. The van der Waals surface area contributed by atoms with Crippen LogP contribution < -0.4 is 9.46 Å². The van der Waals surface area contributed by atoms with Crippen molar-refractivity contribution in [1.82, 2.24) is 4.72 Å². The number of rotatable bonds is 8. The summed E-state index contributed by atoms with van der Waals surface area (Å²) in [5.74, 6) is -0.0474. The minimum Gasteiger partial charge on any atom is -0.490 e. The van der Waals surface area contributed by atoms with E-state index in [4.69, 9.17) is 14.7 Å². The number of carbonyl (C=O) groups excluding carboxylic acids is 1. The summed E-state index contributed by atoms with van der Waals surface area (Å²) < 4.78 is 36.9. The van der Waals surface area contributed by atoms with Crippen molar-refractivity contribution in [2.24, 2.45) is 0 Å². The number of hydrogen-bond acceptors (Lipinski definition) is 6. The first-order chi connectivity index (χ1) is 12.4. The van der Waals surface area contributed by atoms with Crippen LogP contribution in [0.5, 0.6) is 5.75 Å². The van der Waals surface area contributed by atoms with E-state index in [2.05, 4.69) is 4.72 Å². The standard InChI is InChI=1S/C18H18N2O5S/c1-14-6-2-4-8-16(14)24-10-11-25-18(21)13-20-26(22,23)17-9-5-3-7-15(17)12-19/h2-9,20H,10-11,13H2,1H3. The van der Waals surface area contributed by atoms with Gasteiger partial charge in [0.1, 0.15) is 31.6 Å². The summed E-state index contributed by atoms with van der Waals surface area (Å²) in [4.78, 5) is 11.5. The van der Waals surface area contributed by atoms with Crippen molar-refractivity contribution < 1.29 is 22.7 Å². The molecule has 0 fully saturated rings. The molecule has 0 aliphatic rings. The van der Waals surface area contributed by atoms with Crippen LogP contribution in [0.1, 0.15) is 11.1 Å². The normalized spacial score (nSPS) is 10.8. The lowest BCUT2D eigenvalue weighted by Gasteiger charge is -2.10. The van der Waals surface area contributed by atoms with Crippen LogP contribution in [-0.2, 0) is 19.6 Å². The zero-order valence-corrected chi connectivity index (χ0v) is 15.0. The monoisotopic (exact) mass is 374 g/mol. The second-order valence-corrected chi connectivity index (χ2v) is 7.00. The smallest absolute Gasteiger partial charge is 0.321 e. The summed E-state index contributed by atoms with van der Waals surface area (Å²) in [5, 5.41) is 8.97. The van der Waals surface area contributed by atoms with E-state index in [1.165, 1.54) is 18.2 Å². The van der Waals surface area contributed by atoms with Gasteiger partial charge in [-0.2, -0.15) is 9.98 Å². The molecule has 1 N–H and O–H groups in total. The minimum absolute atomic E-state index is 0.00000160. The summed E-state index contributed by atoms with van der Waals surface area (Å²) >= 11 is 0. The lowest BCUT2D eigenvalue weighted by Crippen LogP contribution is -2.31. The number of esters is 1. The Balaban J connectivity index is 1.80. The number of benzene rings is 2. The molecular weight excluding hydrogens is 356 g/mol. The van der Waals surface area contributed by atoms with Crippen molar-refractivity contribution in [1.29, 1.82) is 5.26 Å². The molecule has 2 aromatic carbocycles. The van der Waals surface area contributed by atoms with Crippen molar-refractivity contribution in [3.05, 3.63) is 59.7 Å². The molecule has 2 aromatic rings. The highest BCUT2D eigenvalue weighted by Gasteiger charge is 2.19. The predicted octanol–water partition coefficient (Wildman–Crippen LogP) is 1.77. The van der Waals surface area contributed by atoms with Gasteiger partial charge in [0.15, 0.2) is 0 Å². The van der Waals surface area contributed by atoms with E-state index in [0.717, 1.165) is 5.56 Å². The predicted molar refractivity (Wildman–Crippen MR) is 94.0 cm³/mol. The van der Waals surface area contributed by atoms with Gasteiger partial charge in [0, 0.05) is 0 Å². The van der Waals surface area contributed by atoms with Crippen molar-refractivity contribution in [2.75, 3.05) is 19.8 Å². The lowest BCUT2D eigenvalue weighted by atomic mass is 10.2. The summed E-state index contributed by atoms with van der Waals surface area (Å²) in [7, 11) is -3.98. The Labute approximate surface area is 152 Å². The van der Waals surface area contributed by atoms with Crippen LogP contribution in [0.3, 0.4) is 0 Å². The highest BCUT2D eigenvalue weighted by molar-refractivity contribution is 7.89. The molecule has 0 saturated carbocycles. The Morgan fingerprint density at radius 2 is 1.81 bits per heavy atom. The molecule has 7 nitrogen and oxygen atoms in total. The molecule has 0 spiro atoms. The van der Waals surface area contributed by atoms with Crippen LogP contribution in [0, 0.1) is 18.3 Å². The average molecular weight is 374 g/mol. The third-order valence-electron chi connectivity index (χ3n) is 3.40. The molecule has 0 aliphatic carbocycles. The van der Waals surface area contributed by atoms with E-state index in [9.17, 15) is 13.2 Å². The fourth-order valence-electron chi connectivity index (χ4n) is 2.10. The quantitative estimate of drug-likeness (QED) is 0.558. The van der Waals surface area contributed by atoms with E-state index in [-0.39, 0.29) is 23.7 Å². The molecular formula is C18H18N2O5S. The first-order valence-electron chi connectivity index (χ1n) is 7.77. The molecule has 0 atom stereocenters. The Hall–Kier alpha value is -2.89. The average Bonchev–Trinajstić information content (AvgIpc) is 2.65. The highest BCUT2D eigenvalue weighted by atomic mass is 32.2. The van der Waals surface area contributed by atoms with E-state index in [1.54, 1.807) is 18.2 Å².